The summed E-state index contributed by atoms with van der Waals surface area (Å²) in [6.45, 7) is 0.210. The Balaban J connectivity index is 1.73. The number of rotatable bonds is 7. The number of esters is 1. The van der Waals surface area contributed by atoms with Crippen molar-refractivity contribution in [3.05, 3.63) is 76.3 Å². The first kappa shape index (κ1) is 21.4. The van der Waals surface area contributed by atoms with Gasteiger partial charge < -0.3 is 14.0 Å². The van der Waals surface area contributed by atoms with Crippen LogP contribution in [0.4, 0.5) is 8.78 Å². The van der Waals surface area contributed by atoms with Crippen molar-refractivity contribution < 1.29 is 27.8 Å². The zero-order valence-corrected chi connectivity index (χ0v) is 16.8. The summed E-state index contributed by atoms with van der Waals surface area (Å²) in [5.74, 6) is -1.02. The first-order valence-electron chi connectivity index (χ1n) is 8.82. The van der Waals surface area contributed by atoms with Crippen molar-refractivity contribution in [3.8, 4) is 11.4 Å². The second-order valence-corrected chi connectivity index (χ2v) is 6.75. The maximum Gasteiger partial charge on any atom is 0.387 e. The van der Waals surface area contributed by atoms with Crippen molar-refractivity contribution in [2.75, 3.05) is 6.61 Å². The maximum absolute atomic E-state index is 12.6. The summed E-state index contributed by atoms with van der Waals surface area (Å²) in [6.07, 6.45) is 1.27. The molecule has 0 bridgehead atoms. The molecule has 2 aromatic heterocycles. The predicted octanol–water partition coefficient (Wildman–Crippen LogP) is 4.78. The molecule has 0 saturated heterocycles. The third kappa shape index (κ3) is 4.83. The van der Waals surface area contributed by atoms with Crippen LogP contribution in [0.1, 0.15) is 32.1 Å². The molecule has 0 aliphatic carbocycles. The molecule has 3 rings (SSSR count). The topological polar surface area (TPSA) is 70.4 Å². The molecular weight excluding hydrogens is 418 g/mol. The van der Waals surface area contributed by atoms with Crippen molar-refractivity contribution in [2.45, 2.75) is 20.5 Å². The van der Waals surface area contributed by atoms with Crippen LogP contribution in [0.3, 0.4) is 0 Å². The fraction of sp³-hybridized carbons (Fsp3) is 0.190. The molecule has 6 nitrogen and oxygen atoms in total. The summed E-state index contributed by atoms with van der Waals surface area (Å²) >= 11 is 5.68. The van der Waals surface area contributed by atoms with Crippen molar-refractivity contribution in [1.29, 1.82) is 0 Å². The van der Waals surface area contributed by atoms with Gasteiger partial charge in [0.25, 0.3) is 0 Å². The Bertz CT molecular complexity index is 1060. The molecule has 9 heteroatoms. The molecule has 0 fully saturated rings. The van der Waals surface area contributed by atoms with Gasteiger partial charge >= 0.3 is 12.6 Å². The van der Waals surface area contributed by atoms with Gasteiger partial charge in [0, 0.05) is 28.8 Å². The molecule has 0 spiro atoms. The normalized spacial score (nSPS) is 10.9. The number of nitrogens with zero attached hydrogens (tertiary/aromatic N) is 2. The van der Waals surface area contributed by atoms with E-state index in [0.29, 0.717) is 16.9 Å². The molecule has 2 heterocycles. The highest BCUT2D eigenvalue weighted by Crippen LogP contribution is 2.24. The van der Waals surface area contributed by atoms with E-state index in [0.717, 1.165) is 5.69 Å². The Morgan fingerprint density at radius 1 is 1.13 bits per heavy atom. The Hall–Kier alpha value is -3.26. The van der Waals surface area contributed by atoms with Gasteiger partial charge in [0.05, 0.1) is 5.56 Å². The number of carbonyl (C=O) groups is 2. The number of ether oxygens (including phenoxy) is 2. The van der Waals surface area contributed by atoms with Gasteiger partial charge in [-0.15, -0.1) is 0 Å². The first-order valence-corrected chi connectivity index (χ1v) is 9.20. The van der Waals surface area contributed by atoms with E-state index in [9.17, 15) is 18.4 Å². The van der Waals surface area contributed by atoms with Crippen LogP contribution in [0.5, 0.6) is 5.75 Å². The lowest BCUT2D eigenvalue weighted by Crippen LogP contribution is -2.15. The molecule has 0 N–H and O–H groups in total. The summed E-state index contributed by atoms with van der Waals surface area (Å²) in [5, 5.41) is 0.240. The number of Topliss-reactive ketones (excluding diaryl/α,β-unsaturated/α-hetero) is 1. The lowest BCUT2D eigenvalue weighted by molar-refractivity contribution is -0.0498. The fourth-order valence-corrected chi connectivity index (χ4v) is 3.12. The monoisotopic (exact) mass is 434 g/mol. The number of alkyl halides is 2. The predicted molar refractivity (Wildman–Crippen MR) is 106 cm³/mol. The summed E-state index contributed by atoms with van der Waals surface area (Å²) in [5.41, 5.74) is 2.64. The highest BCUT2D eigenvalue weighted by atomic mass is 35.5. The van der Waals surface area contributed by atoms with Gasteiger partial charge in [-0.2, -0.15) is 8.78 Å². The standard InChI is InChI=1S/C21H17ClF2N2O4/c1-12-9-17(18(27)11-29-20(28)14-3-8-19(22)25-10-14)13(2)26(12)15-4-6-16(7-5-15)30-21(23)24/h3-10,21H,11H2,1-2H3. The molecule has 0 radical (unpaired) electrons. The van der Waals surface area contributed by atoms with Crippen molar-refractivity contribution >= 4 is 23.4 Å². The van der Waals surface area contributed by atoms with Crippen LogP contribution >= 0.6 is 11.6 Å². The Morgan fingerprint density at radius 3 is 2.43 bits per heavy atom. The lowest BCUT2D eigenvalue weighted by atomic mass is 10.1. The molecule has 0 aliphatic rings. The Morgan fingerprint density at radius 2 is 1.83 bits per heavy atom. The summed E-state index contributed by atoms with van der Waals surface area (Å²) in [4.78, 5) is 28.4. The fourth-order valence-electron chi connectivity index (χ4n) is 3.01. The minimum Gasteiger partial charge on any atom is -0.454 e. The molecular formula is C21H17ClF2N2O4. The number of halogens is 3. The Kier molecular flexibility index (Phi) is 6.47. The molecule has 1 aromatic carbocycles. The van der Waals surface area contributed by atoms with Gasteiger partial charge in [-0.1, -0.05) is 11.6 Å². The van der Waals surface area contributed by atoms with E-state index < -0.39 is 19.2 Å². The zero-order valence-electron chi connectivity index (χ0n) is 16.1. The third-order valence-corrected chi connectivity index (χ3v) is 4.57. The summed E-state index contributed by atoms with van der Waals surface area (Å²) < 4.78 is 35.8. The number of ketones is 1. The van der Waals surface area contributed by atoms with Gasteiger partial charge in [-0.3, -0.25) is 4.79 Å². The van der Waals surface area contributed by atoms with Gasteiger partial charge in [0.1, 0.15) is 10.9 Å². The number of aryl methyl sites for hydroxylation is 1. The molecule has 156 valence electrons. The van der Waals surface area contributed by atoms with Crippen LogP contribution in [0.2, 0.25) is 5.15 Å². The van der Waals surface area contributed by atoms with Gasteiger partial charge in [-0.25, -0.2) is 9.78 Å². The smallest absolute Gasteiger partial charge is 0.387 e. The van der Waals surface area contributed by atoms with Crippen LogP contribution in [0.25, 0.3) is 5.69 Å². The van der Waals surface area contributed by atoms with E-state index in [1.165, 1.54) is 30.5 Å². The van der Waals surface area contributed by atoms with E-state index in [4.69, 9.17) is 16.3 Å². The van der Waals surface area contributed by atoms with E-state index in [1.807, 2.05) is 0 Å². The molecule has 0 atom stereocenters. The molecule has 0 aliphatic heterocycles. The van der Waals surface area contributed by atoms with E-state index in [1.54, 1.807) is 36.6 Å². The number of carbonyl (C=O) groups excluding carboxylic acids is 2. The molecule has 0 unspecified atom stereocenters. The number of pyridine rings is 1. The van der Waals surface area contributed by atoms with E-state index >= 15 is 0 Å². The summed E-state index contributed by atoms with van der Waals surface area (Å²) in [7, 11) is 0. The number of hydrogen-bond acceptors (Lipinski definition) is 5. The highest BCUT2D eigenvalue weighted by molar-refractivity contribution is 6.29. The highest BCUT2D eigenvalue weighted by Gasteiger charge is 2.19. The van der Waals surface area contributed by atoms with Crippen molar-refractivity contribution in [3.63, 3.8) is 0 Å². The van der Waals surface area contributed by atoms with Gasteiger partial charge in [0.15, 0.2) is 6.61 Å². The Labute approximate surface area is 176 Å². The maximum atomic E-state index is 12.6. The van der Waals surface area contributed by atoms with Gasteiger partial charge in [-0.05, 0) is 56.3 Å². The van der Waals surface area contributed by atoms with Crippen molar-refractivity contribution in [2.24, 2.45) is 0 Å². The minimum atomic E-state index is -2.90. The van der Waals surface area contributed by atoms with Gasteiger partial charge in [0.2, 0.25) is 5.78 Å². The van der Waals surface area contributed by atoms with Crippen LogP contribution < -0.4 is 4.74 Å². The average molecular weight is 435 g/mol. The van der Waals surface area contributed by atoms with Crippen molar-refractivity contribution in [1.82, 2.24) is 9.55 Å². The van der Waals surface area contributed by atoms with Crippen LogP contribution in [0, 0.1) is 13.8 Å². The molecule has 0 amide bonds. The second-order valence-electron chi connectivity index (χ2n) is 6.36. The largest absolute Gasteiger partial charge is 0.454 e. The average Bonchev–Trinajstić information content (AvgIpc) is 3.01. The van der Waals surface area contributed by atoms with Crippen LogP contribution in [-0.2, 0) is 4.74 Å². The number of hydrogen-bond donors (Lipinski definition) is 0. The first-order chi connectivity index (χ1) is 14.3. The molecule has 3 aromatic rings. The summed E-state index contributed by atoms with van der Waals surface area (Å²) in [6, 6.07) is 10.6. The molecule has 30 heavy (non-hydrogen) atoms. The lowest BCUT2D eigenvalue weighted by Gasteiger charge is -2.11. The van der Waals surface area contributed by atoms with Crippen LogP contribution in [0.15, 0.2) is 48.7 Å². The molecule has 0 saturated carbocycles. The minimum absolute atomic E-state index is 0.0381. The third-order valence-electron chi connectivity index (χ3n) is 4.35. The quantitative estimate of drug-likeness (QED) is 0.304. The number of benzene rings is 1. The second kappa shape index (κ2) is 9.04. The SMILES string of the molecule is Cc1cc(C(=O)COC(=O)c2ccc(Cl)nc2)c(C)n1-c1ccc(OC(F)F)cc1. The number of aromatic nitrogens is 2. The van der Waals surface area contributed by atoms with Crippen LogP contribution in [-0.4, -0.2) is 34.5 Å². The van der Waals surface area contributed by atoms with E-state index in [-0.39, 0.29) is 22.2 Å². The zero-order chi connectivity index (χ0) is 21.8. The van der Waals surface area contributed by atoms with E-state index in [2.05, 4.69) is 9.72 Å².